The summed E-state index contributed by atoms with van der Waals surface area (Å²) in [4.78, 5) is 3.89. The summed E-state index contributed by atoms with van der Waals surface area (Å²) in [6.45, 7) is 0. The van der Waals surface area contributed by atoms with Gasteiger partial charge in [-0.25, -0.2) is 8.78 Å². The summed E-state index contributed by atoms with van der Waals surface area (Å²) < 4.78 is 28.4. The van der Waals surface area contributed by atoms with Crippen LogP contribution in [0, 0.1) is 11.6 Å². The van der Waals surface area contributed by atoms with Crippen LogP contribution in [0.4, 0.5) is 8.78 Å². The van der Waals surface area contributed by atoms with Crippen LogP contribution in [0.1, 0.15) is 17.2 Å². The van der Waals surface area contributed by atoms with Crippen LogP contribution < -0.4 is 5.32 Å². The van der Waals surface area contributed by atoms with Gasteiger partial charge < -0.3 is 5.32 Å². The monoisotopic (exact) mass is 360 g/mol. The molecule has 0 aliphatic carbocycles. The van der Waals surface area contributed by atoms with Crippen molar-refractivity contribution < 1.29 is 8.78 Å². The Bertz CT molecular complexity index is 599. The smallest absolute Gasteiger partial charge is 0.132 e. The predicted molar refractivity (Wildman–Crippen MR) is 78.8 cm³/mol. The van der Waals surface area contributed by atoms with Crippen LogP contribution in [-0.2, 0) is 6.42 Å². The molecule has 0 aliphatic rings. The lowest BCUT2D eigenvalue weighted by atomic mass is 9.98. The van der Waals surface area contributed by atoms with E-state index in [1.165, 1.54) is 18.3 Å². The van der Waals surface area contributed by atoms with Crippen molar-refractivity contribution >= 4 is 27.5 Å². The summed E-state index contributed by atoms with van der Waals surface area (Å²) >= 11 is 9.10. The number of likely N-dealkylation sites (N-methyl/N-ethyl adjacent to an activating group) is 1. The average Bonchev–Trinajstić information content (AvgIpc) is 2.38. The van der Waals surface area contributed by atoms with Crippen molar-refractivity contribution in [2.24, 2.45) is 0 Å². The standard InChI is InChI=1S/C14H12BrClF2N2/c1-19-13(4-8-2-3-20-7-10(8)16)14-11(17)5-9(15)6-12(14)18/h2-3,5-7,13,19H,4H2,1H3. The zero-order chi connectivity index (χ0) is 14.7. The lowest BCUT2D eigenvalue weighted by Crippen LogP contribution is -2.21. The molecule has 0 spiro atoms. The van der Waals surface area contributed by atoms with Crippen LogP contribution in [0.25, 0.3) is 0 Å². The third kappa shape index (κ3) is 3.34. The van der Waals surface area contributed by atoms with Crippen LogP contribution in [0.2, 0.25) is 5.02 Å². The van der Waals surface area contributed by atoms with E-state index in [1.807, 2.05) is 0 Å². The predicted octanol–water partition coefficient (Wildman–Crippen LogP) is 4.28. The Morgan fingerprint density at radius 1 is 1.35 bits per heavy atom. The van der Waals surface area contributed by atoms with Gasteiger partial charge in [0.25, 0.3) is 0 Å². The molecule has 0 radical (unpaired) electrons. The van der Waals surface area contributed by atoms with Gasteiger partial charge in [0, 0.05) is 28.5 Å². The van der Waals surface area contributed by atoms with Crippen molar-refractivity contribution in [3.63, 3.8) is 0 Å². The third-order valence-electron chi connectivity index (χ3n) is 3.02. The maximum Gasteiger partial charge on any atom is 0.132 e. The Balaban J connectivity index is 2.37. The minimum atomic E-state index is -0.596. The van der Waals surface area contributed by atoms with Gasteiger partial charge in [-0.2, -0.15) is 0 Å². The normalized spacial score (nSPS) is 12.4. The van der Waals surface area contributed by atoms with Gasteiger partial charge in [0.05, 0.1) is 5.02 Å². The Labute approximate surface area is 129 Å². The fourth-order valence-electron chi connectivity index (χ4n) is 2.02. The summed E-state index contributed by atoms with van der Waals surface area (Å²) in [7, 11) is 1.65. The fourth-order valence-corrected chi connectivity index (χ4v) is 2.62. The zero-order valence-corrected chi connectivity index (χ0v) is 13.0. The van der Waals surface area contributed by atoms with Gasteiger partial charge in [-0.05, 0) is 37.2 Å². The third-order valence-corrected chi connectivity index (χ3v) is 3.82. The first-order valence-electron chi connectivity index (χ1n) is 5.93. The number of nitrogens with one attached hydrogen (secondary N) is 1. The highest BCUT2D eigenvalue weighted by molar-refractivity contribution is 9.10. The van der Waals surface area contributed by atoms with Gasteiger partial charge in [0.2, 0.25) is 0 Å². The maximum atomic E-state index is 14.0. The maximum absolute atomic E-state index is 14.0. The van der Waals surface area contributed by atoms with Crippen molar-refractivity contribution in [3.05, 3.63) is 62.8 Å². The molecule has 1 N–H and O–H groups in total. The summed E-state index contributed by atoms with van der Waals surface area (Å²) in [5.74, 6) is -1.19. The quantitative estimate of drug-likeness (QED) is 0.879. The minimum absolute atomic E-state index is 0.00331. The Morgan fingerprint density at radius 2 is 2.00 bits per heavy atom. The Hall–Kier alpha value is -1.04. The summed E-state index contributed by atoms with van der Waals surface area (Å²) in [6, 6.07) is 3.72. The van der Waals surface area contributed by atoms with Gasteiger partial charge in [0.1, 0.15) is 11.6 Å². The molecule has 2 aromatic rings. The lowest BCUT2D eigenvalue weighted by Gasteiger charge is -2.19. The second-order valence-corrected chi connectivity index (χ2v) is 5.62. The number of nitrogens with zero attached hydrogens (tertiary/aromatic N) is 1. The van der Waals surface area contributed by atoms with E-state index in [1.54, 1.807) is 19.3 Å². The minimum Gasteiger partial charge on any atom is -0.313 e. The molecule has 1 aromatic carbocycles. The molecule has 2 rings (SSSR count). The van der Waals surface area contributed by atoms with Crippen molar-refractivity contribution in [2.45, 2.75) is 12.5 Å². The zero-order valence-electron chi connectivity index (χ0n) is 10.6. The molecule has 0 aliphatic heterocycles. The van der Waals surface area contributed by atoms with E-state index >= 15 is 0 Å². The van der Waals surface area contributed by atoms with E-state index in [4.69, 9.17) is 11.6 Å². The van der Waals surface area contributed by atoms with Gasteiger partial charge in [-0.1, -0.05) is 27.5 Å². The second kappa shape index (κ2) is 6.61. The fraction of sp³-hybridized carbons (Fsp3) is 0.214. The Kier molecular flexibility index (Phi) is 5.07. The molecule has 0 amide bonds. The largest absolute Gasteiger partial charge is 0.313 e. The van der Waals surface area contributed by atoms with Crippen LogP contribution in [0.15, 0.2) is 35.1 Å². The molecule has 2 nitrogen and oxygen atoms in total. The van der Waals surface area contributed by atoms with Crippen LogP contribution in [0.5, 0.6) is 0 Å². The average molecular weight is 362 g/mol. The first-order chi connectivity index (χ1) is 9.52. The van der Waals surface area contributed by atoms with Crippen molar-refractivity contribution in [1.29, 1.82) is 0 Å². The van der Waals surface area contributed by atoms with Crippen molar-refractivity contribution in [2.75, 3.05) is 7.05 Å². The van der Waals surface area contributed by atoms with Crippen LogP contribution in [-0.4, -0.2) is 12.0 Å². The van der Waals surface area contributed by atoms with Crippen molar-refractivity contribution in [3.8, 4) is 0 Å². The molecule has 1 aromatic heterocycles. The topological polar surface area (TPSA) is 24.9 Å². The number of hydrogen-bond acceptors (Lipinski definition) is 2. The summed E-state index contributed by atoms with van der Waals surface area (Å²) in [6.07, 6.45) is 3.48. The van der Waals surface area contributed by atoms with Gasteiger partial charge in [0.15, 0.2) is 0 Å². The number of benzene rings is 1. The number of aromatic nitrogens is 1. The highest BCUT2D eigenvalue weighted by Gasteiger charge is 2.21. The van der Waals surface area contributed by atoms with E-state index in [9.17, 15) is 8.78 Å². The Morgan fingerprint density at radius 3 is 2.55 bits per heavy atom. The molecule has 20 heavy (non-hydrogen) atoms. The van der Waals surface area contributed by atoms with Crippen LogP contribution in [0.3, 0.4) is 0 Å². The highest BCUT2D eigenvalue weighted by atomic mass is 79.9. The molecule has 6 heteroatoms. The van der Waals surface area contributed by atoms with Gasteiger partial charge in [-0.15, -0.1) is 0 Å². The van der Waals surface area contributed by atoms with E-state index in [-0.39, 0.29) is 5.56 Å². The van der Waals surface area contributed by atoms with Crippen molar-refractivity contribution in [1.82, 2.24) is 10.3 Å². The number of halogens is 4. The molecule has 0 bridgehead atoms. The molecule has 0 fully saturated rings. The summed E-state index contributed by atoms with van der Waals surface area (Å²) in [5.41, 5.74) is 0.784. The van der Waals surface area contributed by atoms with E-state index in [2.05, 4.69) is 26.2 Å². The van der Waals surface area contributed by atoms with E-state index in [0.29, 0.717) is 15.9 Å². The van der Waals surface area contributed by atoms with Gasteiger partial charge >= 0.3 is 0 Å². The molecule has 106 valence electrons. The first-order valence-corrected chi connectivity index (χ1v) is 7.10. The summed E-state index contributed by atoms with van der Waals surface area (Å²) in [5, 5.41) is 3.40. The molecule has 1 heterocycles. The molecular weight excluding hydrogens is 350 g/mol. The van der Waals surface area contributed by atoms with E-state index in [0.717, 1.165) is 5.56 Å². The van der Waals surface area contributed by atoms with Crippen LogP contribution >= 0.6 is 27.5 Å². The van der Waals surface area contributed by atoms with E-state index < -0.39 is 17.7 Å². The lowest BCUT2D eigenvalue weighted by molar-refractivity contribution is 0.488. The molecule has 1 unspecified atom stereocenters. The number of hydrogen-bond donors (Lipinski definition) is 1. The number of pyridine rings is 1. The highest BCUT2D eigenvalue weighted by Crippen LogP contribution is 2.28. The molecule has 0 saturated carbocycles. The molecular formula is C14H12BrClF2N2. The molecule has 0 saturated heterocycles. The number of rotatable bonds is 4. The first kappa shape index (κ1) is 15.4. The molecule has 1 atom stereocenters. The second-order valence-electron chi connectivity index (χ2n) is 4.30. The SMILES string of the molecule is CNC(Cc1ccncc1Cl)c1c(F)cc(Br)cc1F. The van der Waals surface area contributed by atoms with Gasteiger partial charge in [-0.3, -0.25) is 4.98 Å².